The minimum atomic E-state index is -0.643. The minimum absolute atomic E-state index is 0.0907. The molecule has 186 valence electrons. The summed E-state index contributed by atoms with van der Waals surface area (Å²) in [7, 11) is 0. The summed E-state index contributed by atoms with van der Waals surface area (Å²) in [6.07, 6.45) is 2.30. The Hall–Kier alpha value is -2.88. The molecule has 0 fully saturated rings. The number of carbonyl (C=O) groups is 1. The number of hydrogen-bond acceptors (Lipinski definition) is 6. The second-order valence-electron chi connectivity index (χ2n) is 8.51. The fraction of sp³-hybridized carbons (Fsp3) is 0.375. The van der Waals surface area contributed by atoms with Gasteiger partial charge in [-0.2, -0.15) is 0 Å². The van der Waals surface area contributed by atoms with Crippen molar-refractivity contribution in [1.29, 1.82) is 0 Å². The van der Waals surface area contributed by atoms with Gasteiger partial charge in [0.25, 0.3) is 5.56 Å². The summed E-state index contributed by atoms with van der Waals surface area (Å²) in [5, 5.41) is 7.12. The van der Waals surface area contributed by atoms with Gasteiger partial charge in [-0.3, -0.25) is 14.6 Å². The van der Waals surface area contributed by atoms with Crippen LogP contribution in [0.25, 0.3) is 10.9 Å². The van der Waals surface area contributed by atoms with Crippen molar-refractivity contribution in [3.8, 4) is 0 Å². The first-order valence-electron chi connectivity index (χ1n) is 11.5. The number of benzene rings is 2. The average Bonchev–Trinajstić information content (AvgIpc) is 2.80. The number of hydrogen-bond donors (Lipinski definition) is 4. The molecule has 0 bridgehead atoms. The van der Waals surface area contributed by atoms with Crippen LogP contribution in [0.2, 0.25) is 10.0 Å². The SMILES string of the molecule is CC1c2c(Cl)cc(Cl)cc2CCN1C(=O)CNc1cc2nc(NCCCCN)[nH]c(=O)c2cc1F. The number of carbonyl (C=O) groups excluding carboxylic acids is 1. The molecule has 11 heteroatoms. The molecule has 5 N–H and O–H groups in total. The first-order valence-corrected chi connectivity index (χ1v) is 12.2. The van der Waals surface area contributed by atoms with E-state index in [1.807, 2.05) is 13.0 Å². The summed E-state index contributed by atoms with van der Waals surface area (Å²) >= 11 is 12.5. The third kappa shape index (κ3) is 5.52. The number of fused-ring (bicyclic) bond motifs is 2. The van der Waals surface area contributed by atoms with Crippen LogP contribution in [-0.4, -0.2) is 47.0 Å². The van der Waals surface area contributed by atoms with Gasteiger partial charge in [-0.05, 0) is 68.1 Å². The van der Waals surface area contributed by atoms with Gasteiger partial charge in [0.2, 0.25) is 11.9 Å². The van der Waals surface area contributed by atoms with E-state index in [0.717, 1.165) is 30.0 Å². The summed E-state index contributed by atoms with van der Waals surface area (Å²) in [5.74, 6) is -0.545. The van der Waals surface area contributed by atoms with Crippen molar-refractivity contribution in [3.05, 3.63) is 61.6 Å². The Bertz CT molecular complexity index is 1320. The summed E-state index contributed by atoms with van der Waals surface area (Å²) in [6.45, 7) is 3.47. The van der Waals surface area contributed by atoms with Gasteiger partial charge in [0, 0.05) is 23.1 Å². The minimum Gasteiger partial charge on any atom is -0.374 e. The third-order valence-corrected chi connectivity index (χ3v) is 6.69. The van der Waals surface area contributed by atoms with Crippen molar-refractivity contribution < 1.29 is 9.18 Å². The largest absolute Gasteiger partial charge is 0.374 e. The number of nitrogens with two attached hydrogens (primary N) is 1. The zero-order valence-electron chi connectivity index (χ0n) is 19.3. The highest BCUT2D eigenvalue weighted by Gasteiger charge is 2.29. The molecule has 35 heavy (non-hydrogen) atoms. The van der Waals surface area contributed by atoms with Crippen molar-refractivity contribution in [2.45, 2.75) is 32.2 Å². The summed E-state index contributed by atoms with van der Waals surface area (Å²) in [5.41, 5.74) is 7.35. The third-order valence-electron chi connectivity index (χ3n) is 6.16. The number of halogens is 3. The highest BCUT2D eigenvalue weighted by atomic mass is 35.5. The molecule has 8 nitrogen and oxygen atoms in total. The fourth-order valence-corrected chi connectivity index (χ4v) is 5.06. The van der Waals surface area contributed by atoms with E-state index in [2.05, 4.69) is 20.6 Å². The lowest BCUT2D eigenvalue weighted by Gasteiger charge is -2.36. The van der Waals surface area contributed by atoms with Crippen LogP contribution >= 0.6 is 23.2 Å². The molecule has 1 aliphatic heterocycles. The summed E-state index contributed by atoms with van der Waals surface area (Å²) in [6, 6.07) is 5.86. The fourth-order valence-electron chi connectivity index (χ4n) is 4.37. The van der Waals surface area contributed by atoms with Crippen LogP contribution in [0.5, 0.6) is 0 Å². The standard InChI is InChI=1S/C24H27Cl2FN6O2/c1-13-22-14(8-15(25)9-17(22)26)4-7-33(13)21(34)12-30-20-11-19-16(10-18(20)27)23(35)32-24(31-19)29-6-3-2-5-28/h8-11,13,30H,2-7,12,28H2,1H3,(H2,29,31,32,35). The molecule has 2 aromatic carbocycles. The lowest BCUT2D eigenvalue weighted by molar-refractivity contribution is -0.131. The number of rotatable bonds is 8. The molecular weight excluding hydrogens is 494 g/mol. The topological polar surface area (TPSA) is 116 Å². The van der Waals surface area contributed by atoms with Crippen LogP contribution in [0.1, 0.15) is 36.9 Å². The summed E-state index contributed by atoms with van der Waals surface area (Å²) in [4.78, 5) is 34.1. The van der Waals surface area contributed by atoms with Crippen molar-refractivity contribution >= 4 is 51.6 Å². The molecule has 0 saturated carbocycles. The molecule has 0 aliphatic carbocycles. The van der Waals surface area contributed by atoms with Gasteiger partial charge in [0.1, 0.15) is 5.82 Å². The lowest BCUT2D eigenvalue weighted by Crippen LogP contribution is -2.42. The zero-order valence-corrected chi connectivity index (χ0v) is 20.8. The van der Waals surface area contributed by atoms with Crippen LogP contribution in [-0.2, 0) is 11.2 Å². The molecule has 3 aromatic rings. The van der Waals surface area contributed by atoms with Gasteiger partial charge in [-0.1, -0.05) is 23.2 Å². The predicted molar refractivity (Wildman–Crippen MR) is 138 cm³/mol. The van der Waals surface area contributed by atoms with E-state index < -0.39 is 11.4 Å². The van der Waals surface area contributed by atoms with E-state index in [-0.39, 0.29) is 29.6 Å². The molecule has 0 spiro atoms. The summed E-state index contributed by atoms with van der Waals surface area (Å²) < 4.78 is 14.7. The van der Waals surface area contributed by atoms with Gasteiger partial charge in [0.05, 0.1) is 29.2 Å². The van der Waals surface area contributed by atoms with Crippen LogP contribution in [0, 0.1) is 5.82 Å². The van der Waals surface area contributed by atoms with Crippen LogP contribution < -0.4 is 21.9 Å². The van der Waals surface area contributed by atoms with E-state index in [1.165, 1.54) is 6.07 Å². The average molecular weight is 521 g/mol. The van der Waals surface area contributed by atoms with E-state index >= 15 is 0 Å². The van der Waals surface area contributed by atoms with Crippen molar-refractivity contribution in [2.24, 2.45) is 5.73 Å². The van der Waals surface area contributed by atoms with Crippen LogP contribution in [0.4, 0.5) is 16.0 Å². The first kappa shape index (κ1) is 25.2. The molecule has 1 aromatic heterocycles. The van der Waals surface area contributed by atoms with E-state index in [4.69, 9.17) is 28.9 Å². The first-order chi connectivity index (χ1) is 16.8. The molecule has 4 rings (SSSR count). The van der Waals surface area contributed by atoms with Gasteiger partial charge < -0.3 is 21.3 Å². The molecule has 1 amide bonds. The number of unbranched alkanes of at least 4 members (excludes halogenated alkanes) is 1. The Labute approximate surface area is 212 Å². The number of H-pyrrole nitrogens is 1. The zero-order chi connectivity index (χ0) is 25.1. The molecule has 0 radical (unpaired) electrons. The second-order valence-corrected chi connectivity index (χ2v) is 9.36. The molecule has 1 unspecified atom stereocenters. The number of nitrogens with zero attached hydrogens (tertiary/aromatic N) is 2. The number of nitrogens with one attached hydrogen (secondary N) is 3. The number of aromatic amines is 1. The Balaban J connectivity index is 1.48. The predicted octanol–water partition coefficient (Wildman–Crippen LogP) is 4.08. The number of anilines is 2. The smallest absolute Gasteiger partial charge is 0.260 e. The van der Waals surface area contributed by atoms with Crippen LogP contribution in [0.3, 0.4) is 0 Å². The normalized spacial score (nSPS) is 15.2. The molecule has 0 saturated heterocycles. The number of aromatic nitrogens is 2. The van der Waals surface area contributed by atoms with Crippen LogP contribution in [0.15, 0.2) is 29.1 Å². The molecule has 1 aliphatic rings. The van der Waals surface area contributed by atoms with Gasteiger partial charge in [-0.25, -0.2) is 9.37 Å². The molecule has 2 heterocycles. The maximum atomic E-state index is 14.7. The number of amides is 1. The monoisotopic (exact) mass is 520 g/mol. The van der Waals surface area contributed by atoms with Gasteiger partial charge >= 0.3 is 0 Å². The second kappa shape index (κ2) is 10.8. The maximum absolute atomic E-state index is 14.7. The highest BCUT2D eigenvalue weighted by Crippen LogP contribution is 2.37. The van der Waals surface area contributed by atoms with Crippen molar-refractivity contribution in [2.75, 3.05) is 36.8 Å². The quantitative estimate of drug-likeness (QED) is 0.332. The Morgan fingerprint density at radius 1 is 1.26 bits per heavy atom. The Morgan fingerprint density at radius 2 is 2.06 bits per heavy atom. The van der Waals surface area contributed by atoms with E-state index in [9.17, 15) is 14.0 Å². The Morgan fingerprint density at radius 3 is 2.83 bits per heavy atom. The van der Waals surface area contributed by atoms with Gasteiger partial charge in [0.15, 0.2) is 0 Å². The van der Waals surface area contributed by atoms with Gasteiger partial charge in [-0.15, -0.1) is 0 Å². The lowest BCUT2D eigenvalue weighted by atomic mass is 9.93. The van der Waals surface area contributed by atoms with Crippen molar-refractivity contribution in [1.82, 2.24) is 14.9 Å². The van der Waals surface area contributed by atoms with E-state index in [1.54, 1.807) is 11.0 Å². The maximum Gasteiger partial charge on any atom is 0.260 e. The molecular formula is C24H27Cl2FN6O2. The van der Waals surface area contributed by atoms with Crippen molar-refractivity contribution in [3.63, 3.8) is 0 Å². The highest BCUT2D eigenvalue weighted by molar-refractivity contribution is 6.35. The molecule has 1 atom stereocenters. The Kier molecular flexibility index (Phi) is 7.78. The van der Waals surface area contributed by atoms with E-state index in [0.29, 0.717) is 47.6 Å².